The second-order valence-electron chi connectivity index (χ2n) is 9.47. The molecule has 0 spiro atoms. The number of aromatic hydroxyl groups is 1. The molecule has 0 bridgehead atoms. The Kier molecular flexibility index (Phi) is 6.48. The van der Waals surface area contributed by atoms with Gasteiger partial charge < -0.3 is 39.7 Å². The summed E-state index contributed by atoms with van der Waals surface area (Å²) in [7, 11) is 1.37. The molecule has 3 aliphatic rings. The van der Waals surface area contributed by atoms with Crippen molar-refractivity contribution in [1.82, 2.24) is 0 Å². The van der Waals surface area contributed by atoms with Crippen LogP contribution in [0.4, 0.5) is 0 Å². The van der Waals surface area contributed by atoms with Crippen LogP contribution < -0.4 is 9.47 Å². The molecule has 10 nitrogen and oxygen atoms in total. The predicted octanol–water partition coefficient (Wildman–Crippen LogP) is 1.01. The SMILES string of the molecule is COc1cc(O[C@H]2O[C@H](CO)[C@@H](O)[C@H](O)[C@H]2O)c2c(c1)C(=O)c1cc(C3CCCC3)cc(O)c1C2=O. The summed E-state index contributed by atoms with van der Waals surface area (Å²) in [5.41, 5.74) is 0.608. The molecule has 5 atom stereocenters. The van der Waals surface area contributed by atoms with Crippen molar-refractivity contribution in [1.29, 1.82) is 0 Å². The highest BCUT2D eigenvalue weighted by Crippen LogP contribution is 2.43. The average Bonchev–Trinajstić information content (AvgIpc) is 3.42. The summed E-state index contributed by atoms with van der Waals surface area (Å²) in [5, 5.41) is 50.8. The number of ketones is 2. The number of hydrogen-bond acceptors (Lipinski definition) is 10. The average molecular weight is 501 g/mol. The van der Waals surface area contributed by atoms with E-state index in [1.807, 2.05) is 0 Å². The lowest BCUT2D eigenvalue weighted by atomic mass is 9.80. The molecule has 5 N–H and O–H groups in total. The summed E-state index contributed by atoms with van der Waals surface area (Å²) in [6.45, 7) is -0.664. The van der Waals surface area contributed by atoms with E-state index < -0.39 is 48.9 Å². The van der Waals surface area contributed by atoms with Crippen molar-refractivity contribution in [3.63, 3.8) is 0 Å². The molecule has 5 rings (SSSR count). The fourth-order valence-electron chi connectivity index (χ4n) is 5.34. The van der Waals surface area contributed by atoms with Crippen molar-refractivity contribution >= 4 is 11.6 Å². The predicted molar refractivity (Wildman–Crippen MR) is 124 cm³/mol. The number of carbonyl (C=O) groups excluding carboxylic acids is 2. The first-order valence-corrected chi connectivity index (χ1v) is 11.9. The van der Waals surface area contributed by atoms with Crippen molar-refractivity contribution in [3.05, 3.63) is 52.1 Å². The van der Waals surface area contributed by atoms with Gasteiger partial charge in [0.05, 0.1) is 24.8 Å². The molecule has 0 aromatic heterocycles. The lowest BCUT2D eigenvalue weighted by Crippen LogP contribution is -2.60. The Morgan fingerprint density at radius 1 is 0.917 bits per heavy atom. The van der Waals surface area contributed by atoms with Gasteiger partial charge in [0.1, 0.15) is 41.7 Å². The van der Waals surface area contributed by atoms with Gasteiger partial charge in [0.15, 0.2) is 5.78 Å². The molecular formula is C26H28O10. The largest absolute Gasteiger partial charge is 0.507 e. The van der Waals surface area contributed by atoms with E-state index in [4.69, 9.17) is 14.2 Å². The molecule has 0 unspecified atom stereocenters. The van der Waals surface area contributed by atoms with Gasteiger partial charge in [-0.15, -0.1) is 0 Å². The van der Waals surface area contributed by atoms with Crippen LogP contribution in [0.3, 0.4) is 0 Å². The maximum Gasteiger partial charge on any atom is 0.229 e. The van der Waals surface area contributed by atoms with Gasteiger partial charge in [-0.3, -0.25) is 9.59 Å². The van der Waals surface area contributed by atoms with Crippen LogP contribution in [0.25, 0.3) is 0 Å². The van der Waals surface area contributed by atoms with Crippen LogP contribution in [0.1, 0.15) is 69.0 Å². The smallest absolute Gasteiger partial charge is 0.229 e. The number of rotatable bonds is 5. The van der Waals surface area contributed by atoms with E-state index in [-0.39, 0.29) is 45.4 Å². The highest BCUT2D eigenvalue weighted by Gasteiger charge is 2.46. The molecule has 192 valence electrons. The van der Waals surface area contributed by atoms with E-state index in [1.165, 1.54) is 25.3 Å². The van der Waals surface area contributed by atoms with E-state index in [1.54, 1.807) is 6.07 Å². The van der Waals surface area contributed by atoms with E-state index in [2.05, 4.69) is 0 Å². The molecule has 2 aromatic rings. The van der Waals surface area contributed by atoms with Gasteiger partial charge in [-0.1, -0.05) is 12.8 Å². The number of aliphatic hydroxyl groups excluding tert-OH is 4. The summed E-state index contributed by atoms with van der Waals surface area (Å²) < 4.78 is 16.4. The molecule has 2 aromatic carbocycles. The summed E-state index contributed by atoms with van der Waals surface area (Å²) in [6.07, 6.45) is -3.81. The van der Waals surface area contributed by atoms with Crippen LogP contribution >= 0.6 is 0 Å². The van der Waals surface area contributed by atoms with E-state index >= 15 is 0 Å². The number of aliphatic hydroxyl groups is 4. The number of hydrogen-bond donors (Lipinski definition) is 5. The first kappa shape index (κ1) is 24.7. The third-order valence-electron chi connectivity index (χ3n) is 7.31. The molecule has 2 aliphatic carbocycles. The van der Waals surface area contributed by atoms with Gasteiger partial charge >= 0.3 is 0 Å². The second-order valence-corrected chi connectivity index (χ2v) is 9.47. The normalized spacial score (nSPS) is 28.1. The zero-order valence-electron chi connectivity index (χ0n) is 19.6. The Labute approximate surface area is 206 Å². The summed E-state index contributed by atoms with van der Waals surface area (Å²) in [6, 6.07) is 5.93. The molecule has 1 aliphatic heterocycles. The van der Waals surface area contributed by atoms with Crippen molar-refractivity contribution in [2.24, 2.45) is 0 Å². The third kappa shape index (κ3) is 3.95. The van der Waals surface area contributed by atoms with Crippen molar-refractivity contribution in [3.8, 4) is 17.2 Å². The van der Waals surface area contributed by atoms with Crippen LogP contribution in [-0.4, -0.2) is 81.5 Å². The Bertz CT molecular complexity index is 1200. The van der Waals surface area contributed by atoms with Gasteiger partial charge in [-0.05, 0) is 42.5 Å². The quantitative estimate of drug-likeness (QED) is 0.342. The molecule has 0 radical (unpaired) electrons. The first-order chi connectivity index (χ1) is 17.2. The maximum absolute atomic E-state index is 13.6. The Morgan fingerprint density at radius 3 is 2.28 bits per heavy atom. The molecule has 10 heteroatoms. The standard InChI is InChI=1S/C26H28O10/c1-34-13-8-15-20(17(9-13)35-26-25(33)24(32)22(30)18(10-27)36-26)23(31)19-14(21(15)29)6-12(7-16(19)28)11-4-2-3-5-11/h6-9,11,18,22,24-28,30,32-33H,2-5,10H2,1H3/t18-,22-,24+,25-,26+/m1/s1. The van der Waals surface area contributed by atoms with Crippen molar-refractivity contribution in [2.75, 3.05) is 13.7 Å². The number of ether oxygens (including phenoxy) is 3. The molecule has 1 saturated heterocycles. The third-order valence-corrected chi connectivity index (χ3v) is 7.31. The second kappa shape index (κ2) is 9.45. The summed E-state index contributed by atoms with van der Waals surface area (Å²) in [5.74, 6) is -1.23. The maximum atomic E-state index is 13.6. The first-order valence-electron chi connectivity index (χ1n) is 11.9. The van der Waals surface area contributed by atoms with Crippen molar-refractivity contribution in [2.45, 2.75) is 62.3 Å². The molecule has 0 amide bonds. The van der Waals surface area contributed by atoms with Gasteiger partial charge in [0.25, 0.3) is 0 Å². The molecule has 1 saturated carbocycles. The number of fused-ring (bicyclic) bond motifs is 2. The molecular weight excluding hydrogens is 472 g/mol. The molecule has 36 heavy (non-hydrogen) atoms. The van der Waals surface area contributed by atoms with Gasteiger partial charge in [0.2, 0.25) is 12.1 Å². The van der Waals surface area contributed by atoms with Gasteiger partial charge in [-0.2, -0.15) is 0 Å². The van der Waals surface area contributed by atoms with E-state index in [0.717, 1.165) is 31.2 Å². The lowest BCUT2D eigenvalue weighted by molar-refractivity contribution is -0.277. The van der Waals surface area contributed by atoms with Gasteiger partial charge in [0, 0.05) is 17.2 Å². The van der Waals surface area contributed by atoms with E-state index in [9.17, 15) is 35.1 Å². The fourth-order valence-corrected chi connectivity index (χ4v) is 5.34. The number of phenolic OH excluding ortho intramolecular Hbond substituents is 1. The zero-order valence-corrected chi connectivity index (χ0v) is 19.6. The minimum atomic E-state index is -1.73. The van der Waals surface area contributed by atoms with Crippen LogP contribution in [0.5, 0.6) is 17.2 Å². The van der Waals surface area contributed by atoms with Crippen LogP contribution in [0.15, 0.2) is 24.3 Å². The summed E-state index contributed by atoms with van der Waals surface area (Å²) in [4.78, 5) is 27.2. The van der Waals surface area contributed by atoms with Crippen LogP contribution in [0.2, 0.25) is 0 Å². The van der Waals surface area contributed by atoms with Gasteiger partial charge in [-0.25, -0.2) is 0 Å². The molecule has 2 fully saturated rings. The zero-order chi connectivity index (χ0) is 25.7. The highest BCUT2D eigenvalue weighted by molar-refractivity contribution is 6.30. The fraction of sp³-hybridized carbons (Fsp3) is 0.462. The number of phenols is 1. The highest BCUT2D eigenvalue weighted by atomic mass is 16.7. The Hall–Kier alpha value is -3.02. The minimum absolute atomic E-state index is 0.00517. The lowest BCUT2D eigenvalue weighted by Gasteiger charge is -2.39. The van der Waals surface area contributed by atoms with Crippen molar-refractivity contribution < 1.29 is 49.3 Å². The van der Waals surface area contributed by atoms with Crippen LogP contribution in [0, 0.1) is 0 Å². The number of methoxy groups -OCH3 is 1. The molecule has 1 heterocycles. The summed E-state index contributed by atoms with van der Waals surface area (Å²) >= 11 is 0. The monoisotopic (exact) mass is 500 g/mol. The van der Waals surface area contributed by atoms with E-state index in [0.29, 0.717) is 0 Å². The number of benzene rings is 2. The Balaban J connectivity index is 1.57. The minimum Gasteiger partial charge on any atom is -0.507 e. The topological polar surface area (TPSA) is 163 Å². The number of carbonyl (C=O) groups is 2. The Morgan fingerprint density at radius 2 is 1.61 bits per heavy atom. The van der Waals surface area contributed by atoms with Crippen LogP contribution in [-0.2, 0) is 4.74 Å².